The minimum atomic E-state index is -0.298. The molecule has 0 radical (unpaired) electrons. The average Bonchev–Trinajstić information content (AvgIpc) is 2.86. The van der Waals surface area contributed by atoms with Crippen molar-refractivity contribution >= 4 is 12.2 Å². The van der Waals surface area contributed by atoms with Gasteiger partial charge >= 0.3 is 0 Å². The number of carbonyl (C=O) groups is 2. The predicted molar refractivity (Wildman–Crippen MR) is 65.2 cm³/mol. The molecule has 0 aromatic carbocycles. The van der Waals surface area contributed by atoms with Gasteiger partial charge < -0.3 is 15.1 Å². The molecule has 5 nitrogen and oxygen atoms in total. The molecule has 5 heteroatoms. The van der Waals surface area contributed by atoms with Crippen molar-refractivity contribution in [1.29, 1.82) is 0 Å². The molecule has 3 rings (SSSR count). The van der Waals surface area contributed by atoms with Gasteiger partial charge in [0.1, 0.15) is 6.29 Å². The van der Waals surface area contributed by atoms with Crippen molar-refractivity contribution in [3.8, 4) is 11.3 Å². The Bertz CT molecular complexity index is 604. The summed E-state index contributed by atoms with van der Waals surface area (Å²) in [6.45, 7) is 0.353. The van der Waals surface area contributed by atoms with Gasteiger partial charge in [0.2, 0.25) is 0 Å². The molecule has 0 saturated heterocycles. The largest absolute Gasteiger partial charge is 0.357 e. The highest BCUT2D eigenvalue weighted by atomic mass is 16.2. The van der Waals surface area contributed by atoms with Crippen LogP contribution in [-0.2, 0) is 4.79 Å². The van der Waals surface area contributed by atoms with E-state index in [1.54, 1.807) is 18.5 Å². The summed E-state index contributed by atoms with van der Waals surface area (Å²) in [5.41, 5.74) is 3.01. The standard InChI is InChI=1S/C13H11N3O2/c17-7-9-6-15-13(18)10-5-11(16-12(9)10)8-1-3-14-4-2-8/h1-5,7,9,16H,6H2,(H,15,18). The number of hydrogen-bond acceptors (Lipinski definition) is 3. The summed E-state index contributed by atoms with van der Waals surface area (Å²) in [7, 11) is 0. The number of carbonyl (C=O) groups excluding carboxylic acids is 2. The zero-order chi connectivity index (χ0) is 12.5. The summed E-state index contributed by atoms with van der Waals surface area (Å²) in [6.07, 6.45) is 4.23. The molecular weight excluding hydrogens is 230 g/mol. The van der Waals surface area contributed by atoms with Crippen molar-refractivity contribution < 1.29 is 9.59 Å². The first-order chi connectivity index (χ1) is 8.79. The lowest BCUT2D eigenvalue weighted by molar-refractivity contribution is -0.109. The molecule has 18 heavy (non-hydrogen) atoms. The lowest BCUT2D eigenvalue weighted by Gasteiger charge is -2.17. The van der Waals surface area contributed by atoms with Gasteiger partial charge in [0.15, 0.2) is 0 Å². The normalized spacial score (nSPS) is 18.0. The van der Waals surface area contributed by atoms with Crippen LogP contribution in [0.2, 0.25) is 0 Å². The third-order valence-electron chi connectivity index (χ3n) is 3.10. The molecule has 90 valence electrons. The number of hydrogen-bond donors (Lipinski definition) is 2. The van der Waals surface area contributed by atoms with Gasteiger partial charge in [-0.15, -0.1) is 0 Å². The molecule has 1 amide bonds. The summed E-state index contributed by atoms with van der Waals surface area (Å²) < 4.78 is 0. The lowest BCUT2D eigenvalue weighted by Crippen LogP contribution is -2.35. The van der Waals surface area contributed by atoms with Crippen LogP contribution in [0.5, 0.6) is 0 Å². The number of aromatic nitrogens is 2. The van der Waals surface area contributed by atoms with Gasteiger partial charge in [0, 0.05) is 35.9 Å². The van der Waals surface area contributed by atoms with Gasteiger partial charge in [-0.25, -0.2) is 0 Å². The first kappa shape index (κ1) is 10.7. The first-order valence-corrected chi connectivity index (χ1v) is 5.66. The summed E-state index contributed by atoms with van der Waals surface area (Å²) in [5, 5.41) is 2.70. The predicted octanol–water partition coefficient (Wildman–Crippen LogP) is 1.10. The molecule has 0 aliphatic carbocycles. The van der Waals surface area contributed by atoms with Crippen LogP contribution in [0.3, 0.4) is 0 Å². The Hall–Kier alpha value is -2.43. The monoisotopic (exact) mass is 241 g/mol. The van der Waals surface area contributed by atoms with Crippen LogP contribution in [0.4, 0.5) is 0 Å². The molecule has 2 aromatic heterocycles. The molecule has 0 bridgehead atoms. The van der Waals surface area contributed by atoms with Gasteiger partial charge in [0.25, 0.3) is 5.91 Å². The van der Waals surface area contributed by atoms with Crippen molar-refractivity contribution in [2.75, 3.05) is 6.54 Å². The van der Waals surface area contributed by atoms with Crippen molar-refractivity contribution in [2.24, 2.45) is 0 Å². The summed E-state index contributed by atoms with van der Waals surface area (Å²) in [6, 6.07) is 5.48. The third kappa shape index (κ3) is 1.60. The maximum atomic E-state index is 11.7. The molecule has 3 heterocycles. The maximum absolute atomic E-state index is 11.7. The van der Waals surface area contributed by atoms with Gasteiger partial charge in [-0.1, -0.05) is 0 Å². The zero-order valence-electron chi connectivity index (χ0n) is 9.51. The highest BCUT2D eigenvalue weighted by Gasteiger charge is 2.27. The molecule has 0 fully saturated rings. The SMILES string of the molecule is O=CC1CNC(=O)c2cc(-c3ccncc3)[nH]c21. The highest BCUT2D eigenvalue weighted by Crippen LogP contribution is 2.27. The smallest absolute Gasteiger partial charge is 0.253 e. The fourth-order valence-electron chi connectivity index (χ4n) is 2.15. The van der Waals surface area contributed by atoms with Crippen LogP contribution in [0.15, 0.2) is 30.6 Å². The van der Waals surface area contributed by atoms with E-state index in [2.05, 4.69) is 15.3 Å². The highest BCUT2D eigenvalue weighted by molar-refractivity contribution is 5.99. The Morgan fingerprint density at radius 2 is 2.11 bits per heavy atom. The molecule has 1 unspecified atom stereocenters. The van der Waals surface area contributed by atoms with E-state index in [-0.39, 0.29) is 11.8 Å². The number of aromatic amines is 1. The van der Waals surface area contributed by atoms with Crippen LogP contribution in [0, 0.1) is 0 Å². The Morgan fingerprint density at radius 1 is 1.33 bits per heavy atom. The maximum Gasteiger partial charge on any atom is 0.253 e. The third-order valence-corrected chi connectivity index (χ3v) is 3.10. The van der Waals surface area contributed by atoms with E-state index in [4.69, 9.17) is 0 Å². The lowest BCUT2D eigenvalue weighted by atomic mass is 9.99. The van der Waals surface area contributed by atoms with E-state index in [0.717, 1.165) is 17.5 Å². The van der Waals surface area contributed by atoms with E-state index in [9.17, 15) is 9.59 Å². The molecule has 2 N–H and O–H groups in total. The Kier molecular flexibility index (Phi) is 2.44. The molecule has 0 spiro atoms. The number of nitrogens with one attached hydrogen (secondary N) is 2. The minimum absolute atomic E-state index is 0.139. The van der Waals surface area contributed by atoms with E-state index < -0.39 is 0 Å². The van der Waals surface area contributed by atoms with Crippen molar-refractivity contribution in [1.82, 2.24) is 15.3 Å². The molecule has 0 saturated carbocycles. The van der Waals surface area contributed by atoms with Crippen LogP contribution < -0.4 is 5.32 Å². The van der Waals surface area contributed by atoms with Crippen molar-refractivity contribution in [3.63, 3.8) is 0 Å². The van der Waals surface area contributed by atoms with Crippen LogP contribution in [-0.4, -0.2) is 28.7 Å². The van der Waals surface area contributed by atoms with Crippen LogP contribution >= 0.6 is 0 Å². The number of H-pyrrole nitrogens is 1. The quantitative estimate of drug-likeness (QED) is 0.773. The summed E-state index contributed by atoms with van der Waals surface area (Å²) in [4.78, 5) is 29.8. The molecule has 2 aromatic rings. The number of nitrogens with zero attached hydrogens (tertiary/aromatic N) is 1. The number of aldehydes is 1. The molecule has 1 aliphatic heterocycles. The van der Waals surface area contributed by atoms with E-state index >= 15 is 0 Å². The van der Waals surface area contributed by atoms with Gasteiger partial charge in [-0.05, 0) is 18.2 Å². The second-order valence-electron chi connectivity index (χ2n) is 4.20. The summed E-state index contributed by atoms with van der Waals surface area (Å²) in [5.74, 6) is -0.437. The fourth-order valence-corrected chi connectivity index (χ4v) is 2.15. The zero-order valence-corrected chi connectivity index (χ0v) is 9.51. The first-order valence-electron chi connectivity index (χ1n) is 5.66. The van der Waals surface area contributed by atoms with Crippen molar-refractivity contribution in [3.05, 3.63) is 41.9 Å². The van der Waals surface area contributed by atoms with Crippen molar-refractivity contribution in [2.45, 2.75) is 5.92 Å². The number of rotatable bonds is 2. The Balaban J connectivity index is 2.11. The minimum Gasteiger partial charge on any atom is -0.357 e. The van der Waals surface area contributed by atoms with Crippen LogP contribution in [0.1, 0.15) is 22.0 Å². The Morgan fingerprint density at radius 3 is 2.83 bits per heavy atom. The van der Waals surface area contributed by atoms with E-state index in [0.29, 0.717) is 17.8 Å². The number of amides is 1. The molecule has 1 atom stereocenters. The van der Waals surface area contributed by atoms with Crippen LogP contribution in [0.25, 0.3) is 11.3 Å². The second kappa shape index (κ2) is 4.10. The average molecular weight is 241 g/mol. The second-order valence-corrected chi connectivity index (χ2v) is 4.20. The van der Waals surface area contributed by atoms with Gasteiger partial charge in [0.05, 0.1) is 11.5 Å². The molecule has 1 aliphatic rings. The molecular formula is C13H11N3O2. The number of pyridine rings is 1. The topological polar surface area (TPSA) is 74.8 Å². The Labute approximate surface area is 103 Å². The van der Waals surface area contributed by atoms with Gasteiger partial charge in [-0.2, -0.15) is 0 Å². The summed E-state index contributed by atoms with van der Waals surface area (Å²) >= 11 is 0. The number of fused-ring (bicyclic) bond motifs is 1. The van der Waals surface area contributed by atoms with Gasteiger partial charge in [-0.3, -0.25) is 9.78 Å². The van der Waals surface area contributed by atoms with E-state index in [1.165, 1.54) is 0 Å². The van der Waals surface area contributed by atoms with E-state index in [1.807, 2.05) is 12.1 Å². The fraction of sp³-hybridized carbons (Fsp3) is 0.154.